The van der Waals surface area contributed by atoms with E-state index in [0.717, 1.165) is 10.9 Å². The van der Waals surface area contributed by atoms with E-state index in [1.807, 2.05) is 6.92 Å². The van der Waals surface area contributed by atoms with Crippen LogP contribution in [0, 0.1) is 0 Å². The van der Waals surface area contributed by atoms with Gasteiger partial charge in [0.15, 0.2) is 0 Å². The first-order chi connectivity index (χ1) is 7.97. The van der Waals surface area contributed by atoms with Crippen molar-refractivity contribution in [1.29, 1.82) is 0 Å². The lowest BCUT2D eigenvalue weighted by atomic mass is 10.4. The van der Waals surface area contributed by atoms with Crippen LogP contribution in [0.25, 0.3) is 0 Å². The Morgan fingerprint density at radius 3 is 2.47 bits per heavy atom. The molecule has 0 bridgehead atoms. The first-order valence-corrected chi connectivity index (χ1v) is 9.31. The highest BCUT2D eigenvalue weighted by atomic mass is 28.3. The number of hydrogen-bond donors (Lipinski definition) is 0. The highest BCUT2D eigenvalue weighted by Crippen LogP contribution is 2.09. The van der Waals surface area contributed by atoms with Crippen LogP contribution < -0.4 is 5.38 Å². The molecule has 0 amide bonds. The molecule has 1 heterocycles. The molecule has 1 aromatic rings. The average molecular weight is 258 g/mol. The summed E-state index contributed by atoms with van der Waals surface area (Å²) in [5.41, 5.74) is 1.02. The lowest BCUT2D eigenvalue weighted by Crippen LogP contribution is -2.36. The molecule has 0 radical (unpaired) electrons. The van der Waals surface area contributed by atoms with Gasteiger partial charge >= 0.3 is 0 Å². The lowest BCUT2D eigenvalue weighted by molar-refractivity contribution is -0.280. The minimum Gasteiger partial charge on any atom is -0.474 e. The van der Waals surface area contributed by atoms with Crippen LogP contribution >= 0.6 is 0 Å². The molecular weight excluding hydrogens is 236 g/mol. The van der Waals surface area contributed by atoms with E-state index >= 15 is 0 Å². The number of furan rings is 1. The van der Waals surface area contributed by atoms with E-state index in [4.69, 9.17) is 18.6 Å². The highest BCUT2D eigenvalue weighted by Gasteiger charge is 2.21. The van der Waals surface area contributed by atoms with Crippen LogP contribution in [0.1, 0.15) is 12.5 Å². The van der Waals surface area contributed by atoms with Crippen molar-refractivity contribution in [3.05, 3.63) is 17.9 Å². The van der Waals surface area contributed by atoms with Gasteiger partial charge in [0.25, 0.3) is 6.48 Å². The summed E-state index contributed by atoms with van der Waals surface area (Å²) in [7, 11) is 0.182. The summed E-state index contributed by atoms with van der Waals surface area (Å²) >= 11 is 0. The van der Waals surface area contributed by atoms with Crippen molar-refractivity contribution in [3.8, 4) is 0 Å². The van der Waals surface area contributed by atoms with Gasteiger partial charge in [0, 0.05) is 19.3 Å². The summed E-state index contributed by atoms with van der Waals surface area (Å²) in [5, 5.41) is 1.08. The maximum Gasteiger partial charge on any atom is 0.271 e. The summed E-state index contributed by atoms with van der Waals surface area (Å²) in [6.07, 6.45) is 1.74. The molecule has 1 unspecified atom stereocenters. The Balaban J connectivity index is 2.49. The van der Waals surface area contributed by atoms with Crippen molar-refractivity contribution in [1.82, 2.24) is 0 Å². The van der Waals surface area contributed by atoms with Crippen molar-refractivity contribution in [2.75, 3.05) is 13.7 Å². The van der Waals surface area contributed by atoms with Crippen molar-refractivity contribution in [2.24, 2.45) is 0 Å². The standard InChI is InChI=1S/C12H22O4Si/c1-6-14-12(13-2)16-9-10-7-11(15-8-10)17(3,4)5/h7-8,12H,6,9H2,1-5H3. The van der Waals surface area contributed by atoms with Crippen LogP contribution in [0.2, 0.25) is 19.6 Å². The lowest BCUT2D eigenvalue weighted by Gasteiger charge is -2.14. The van der Waals surface area contributed by atoms with E-state index in [1.165, 1.54) is 0 Å². The van der Waals surface area contributed by atoms with E-state index in [-0.39, 0.29) is 0 Å². The molecule has 0 aliphatic rings. The van der Waals surface area contributed by atoms with E-state index < -0.39 is 14.5 Å². The summed E-state index contributed by atoms with van der Waals surface area (Å²) in [6, 6.07) is 2.06. The third kappa shape index (κ3) is 4.63. The summed E-state index contributed by atoms with van der Waals surface area (Å²) in [4.78, 5) is 0. The number of methoxy groups -OCH3 is 1. The zero-order chi connectivity index (χ0) is 12.9. The van der Waals surface area contributed by atoms with Gasteiger partial charge in [0.2, 0.25) is 0 Å². The maximum absolute atomic E-state index is 5.56. The Morgan fingerprint density at radius 2 is 2.00 bits per heavy atom. The van der Waals surface area contributed by atoms with Gasteiger partial charge in [-0.1, -0.05) is 19.6 Å². The molecule has 17 heavy (non-hydrogen) atoms. The van der Waals surface area contributed by atoms with Crippen molar-refractivity contribution in [2.45, 2.75) is 39.6 Å². The summed E-state index contributed by atoms with van der Waals surface area (Å²) in [5.74, 6) is 0. The molecule has 0 aliphatic carbocycles. The van der Waals surface area contributed by atoms with Crippen LogP contribution in [0.15, 0.2) is 16.7 Å². The first-order valence-electron chi connectivity index (χ1n) is 5.81. The van der Waals surface area contributed by atoms with Crippen molar-refractivity contribution in [3.63, 3.8) is 0 Å². The highest BCUT2D eigenvalue weighted by molar-refractivity contribution is 6.87. The number of ether oxygens (including phenoxy) is 3. The monoisotopic (exact) mass is 258 g/mol. The maximum atomic E-state index is 5.56. The van der Waals surface area contributed by atoms with Crippen LogP contribution in [0.3, 0.4) is 0 Å². The SMILES string of the molecule is CCOC(OC)OCc1coc([Si](C)(C)C)c1. The van der Waals surface area contributed by atoms with Crippen molar-refractivity contribution < 1.29 is 18.6 Å². The minimum absolute atomic E-state index is 0.437. The van der Waals surface area contributed by atoms with Crippen LogP contribution in [-0.4, -0.2) is 28.3 Å². The third-order valence-electron chi connectivity index (χ3n) is 2.27. The third-order valence-corrected chi connectivity index (χ3v) is 4.01. The fraction of sp³-hybridized carbons (Fsp3) is 0.667. The van der Waals surface area contributed by atoms with Crippen LogP contribution in [0.4, 0.5) is 0 Å². The second kappa shape index (κ2) is 6.35. The fourth-order valence-electron chi connectivity index (χ4n) is 1.33. The Labute approximate surface area is 104 Å². The molecule has 1 rings (SSSR count). The van der Waals surface area contributed by atoms with Gasteiger partial charge < -0.3 is 18.6 Å². The van der Waals surface area contributed by atoms with Gasteiger partial charge in [0.1, 0.15) is 8.07 Å². The second-order valence-electron chi connectivity index (χ2n) is 4.86. The van der Waals surface area contributed by atoms with Crippen LogP contribution in [0.5, 0.6) is 0 Å². The Kier molecular flexibility index (Phi) is 5.39. The molecule has 0 aromatic carbocycles. The van der Waals surface area contributed by atoms with Gasteiger partial charge in [-0.3, -0.25) is 0 Å². The molecule has 0 fully saturated rings. The average Bonchev–Trinajstić information content (AvgIpc) is 2.72. The molecule has 0 saturated heterocycles. The van der Waals surface area contributed by atoms with Gasteiger partial charge in [-0.05, 0) is 13.0 Å². The zero-order valence-electron chi connectivity index (χ0n) is 11.3. The first kappa shape index (κ1) is 14.4. The molecular formula is C12H22O4Si. The molecule has 5 heteroatoms. The second-order valence-corrected chi connectivity index (χ2v) is 9.85. The normalized spacial score (nSPS) is 13.9. The molecule has 0 N–H and O–H groups in total. The zero-order valence-corrected chi connectivity index (χ0v) is 12.3. The Morgan fingerprint density at radius 1 is 1.29 bits per heavy atom. The van der Waals surface area contributed by atoms with Crippen LogP contribution in [-0.2, 0) is 20.8 Å². The molecule has 1 aromatic heterocycles. The Hall–Kier alpha value is -0.623. The minimum atomic E-state index is -1.38. The summed E-state index contributed by atoms with van der Waals surface area (Å²) < 4.78 is 21.3. The van der Waals surface area contributed by atoms with E-state index in [1.54, 1.807) is 13.4 Å². The predicted octanol–water partition coefficient (Wildman–Crippen LogP) is 2.31. The molecule has 0 spiro atoms. The summed E-state index contributed by atoms with van der Waals surface area (Å²) in [6.45, 7) is 9.02. The van der Waals surface area contributed by atoms with Gasteiger partial charge in [-0.25, -0.2) is 0 Å². The van der Waals surface area contributed by atoms with E-state index in [9.17, 15) is 0 Å². The number of rotatable bonds is 7. The van der Waals surface area contributed by atoms with Gasteiger partial charge in [-0.15, -0.1) is 0 Å². The van der Waals surface area contributed by atoms with Crippen molar-refractivity contribution >= 4 is 13.5 Å². The topological polar surface area (TPSA) is 40.8 Å². The number of hydrogen-bond acceptors (Lipinski definition) is 4. The van der Waals surface area contributed by atoms with E-state index in [0.29, 0.717) is 13.2 Å². The molecule has 0 saturated carbocycles. The fourth-order valence-corrected chi connectivity index (χ4v) is 2.36. The van der Waals surface area contributed by atoms with E-state index in [2.05, 4.69) is 25.7 Å². The van der Waals surface area contributed by atoms with Gasteiger partial charge in [-0.2, -0.15) is 0 Å². The Bertz CT molecular complexity index is 329. The smallest absolute Gasteiger partial charge is 0.271 e. The molecule has 98 valence electrons. The quantitative estimate of drug-likeness (QED) is 0.556. The van der Waals surface area contributed by atoms with Gasteiger partial charge in [0.05, 0.1) is 18.3 Å². The molecule has 4 nitrogen and oxygen atoms in total. The molecule has 0 aliphatic heterocycles. The molecule has 1 atom stereocenters. The predicted molar refractivity (Wildman–Crippen MR) is 68.9 cm³/mol. The largest absolute Gasteiger partial charge is 0.474 e.